The molecule has 1 rings (SSSR count). The Bertz CT molecular complexity index is 302. The van der Waals surface area contributed by atoms with Gasteiger partial charge in [0.2, 0.25) is 0 Å². The molecule has 0 saturated carbocycles. The number of benzene rings is 1. The molecule has 0 saturated heterocycles. The van der Waals surface area contributed by atoms with Gasteiger partial charge in [-0.1, -0.05) is 23.2 Å². The summed E-state index contributed by atoms with van der Waals surface area (Å²) in [7, 11) is 0. The average molecular weight is 219 g/mol. The van der Waals surface area contributed by atoms with Crippen LogP contribution in [0, 0.1) is 0 Å². The van der Waals surface area contributed by atoms with Crippen LogP contribution in [0.25, 0.3) is 0 Å². The molecule has 72 valence electrons. The molecule has 0 heterocycles. The maximum atomic E-state index is 5.93. The summed E-state index contributed by atoms with van der Waals surface area (Å²) in [4.78, 5) is 0. The van der Waals surface area contributed by atoms with Crippen molar-refractivity contribution in [3.8, 4) is 5.75 Å². The molecule has 0 aromatic heterocycles. The van der Waals surface area contributed by atoms with E-state index in [9.17, 15) is 0 Å². The van der Waals surface area contributed by atoms with Gasteiger partial charge in [-0.2, -0.15) is 0 Å². The van der Waals surface area contributed by atoms with E-state index in [1.54, 1.807) is 18.2 Å². The third-order valence-electron chi connectivity index (χ3n) is 1.31. The first-order valence-electron chi connectivity index (χ1n) is 4.02. The van der Waals surface area contributed by atoms with Crippen LogP contribution in [-0.4, -0.2) is 5.60 Å². The molecule has 0 aliphatic rings. The zero-order valence-corrected chi connectivity index (χ0v) is 9.41. The summed E-state index contributed by atoms with van der Waals surface area (Å²) in [6.07, 6.45) is 0. The quantitative estimate of drug-likeness (QED) is 0.688. The van der Waals surface area contributed by atoms with Crippen molar-refractivity contribution in [2.24, 2.45) is 0 Å². The van der Waals surface area contributed by atoms with Gasteiger partial charge in [0.25, 0.3) is 0 Å². The summed E-state index contributed by atoms with van der Waals surface area (Å²) in [5.74, 6) is 0.665. The van der Waals surface area contributed by atoms with Crippen LogP contribution in [0.3, 0.4) is 0 Å². The molecular weight excluding hydrogens is 207 g/mol. The van der Waals surface area contributed by atoms with Crippen molar-refractivity contribution < 1.29 is 4.74 Å². The van der Waals surface area contributed by atoms with Crippen molar-refractivity contribution in [1.82, 2.24) is 0 Å². The van der Waals surface area contributed by atoms with E-state index in [0.29, 0.717) is 15.8 Å². The lowest BCUT2D eigenvalue weighted by atomic mass is 10.2. The van der Waals surface area contributed by atoms with Crippen LogP contribution in [0.1, 0.15) is 20.8 Å². The molecule has 1 aromatic carbocycles. The third kappa shape index (κ3) is 3.45. The Labute approximate surface area is 88.6 Å². The fourth-order valence-electron chi connectivity index (χ4n) is 0.888. The van der Waals surface area contributed by atoms with Gasteiger partial charge in [-0.05, 0) is 39.0 Å². The third-order valence-corrected chi connectivity index (χ3v) is 1.84. The SMILES string of the molecule is CC(C)(C)Oc1ccc(Cl)cc1Cl. The lowest BCUT2D eigenvalue weighted by Crippen LogP contribution is -2.23. The Balaban J connectivity index is 2.90. The maximum Gasteiger partial charge on any atom is 0.138 e. The highest BCUT2D eigenvalue weighted by atomic mass is 35.5. The predicted octanol–water partition coefficient (Wildman–Crippen LogP) is 4.17. The van der Waals surface area contributed by atoms with Gasteiger partial charge in [0.15, 0.2) is 0 Å². The van der Waals surface area contributed by atoms with Gasteiger partial charge in [0.1, 0.15) is 11.4 Å². The van der Waals surface area contributed by atoms with Crippen LogP contribution in [-0.2, 0) is 0 Å². The van der Waals surface area contributed by atoms with Crippen LogP contribution in [0.5, 0.6) is 5.75 Å². The summed E-state index contributed by atoms with van der Waals surface area (Å²) < 4.78 is 5.60. The molecule has 0 fully saturated rings. The molecule has 0 spiro atoms. The standard InChI is InChI=1S/C10H12Cl2O/c1-10(2,3)13-9-5-4-7(11)6-8(9)12/h4-6H,1-3H3. The number of rotatable bonds is 1. The summed E-state index contributed by atoms with van der Waals surface area (Å²) in [6, 6.07) is 5.20. The van der Waals surface area contributed by atoms with E-state index in [0.717, 1.165) is 0 Å². The molecule has 1 nitrogen and oxygen atoms in total. The molecule has 0 radical (unpaired) electrons. The van der Waals surface area contributed by atoms with Gasteiger partial charge in [-0.15, -0.1) is 0 Å². The molecule has 1 aromatic rings. The second-order valence-electron chi connectivity index (χ2n) is 3.79. The van der Waals surface area contributed by atoms with E-state index < -0.39 is 0 Å². The molecule has 0 N–H and O–H groups in total. The Kier molecular flexibility index (Phi) is 3.09. The van der Waals surface area contributed by atoms with Crippen LogP contribution in [0.4, 0.5) is 0 Å². The lowest BCUT2D eigenvalue weighted by molar-refractivity contribution is 0.131. The van der Waals surface area contributed by atoms with Gasteiger partial charge in [0.05, 0.1) is 5.02 Å². The number of hydrogen-bond donors (Lipinski definition) is 0. The van der Waals surface area contributed by atoms with E-state index in [2.05, 4.69) is 0 Å². The van der Waals surface area contributed by atoms with Crippen molar-refractivity contribution in [2.75, 3.05) is 0 Å². The molecule has 3 heteroatoms. The molecule has 0 aliphatic heterocycles. The Morgan fingerprint density at radius 3 is 2.23 bits per heavy atom. The van der Waals surface area contributed by atoms with Gasteiger partial charge in [-0.3, -0.25) is 0 Å². The first kappa shape index (κ1) is 10.7. The Morgan fingerprint density at radius 2 is 1.77 bits per heavy atom. The molecule has 0 bridgehead atoms. The molecule has 0 aliphatic carbocycles. The normalized spacial score (nSPS) is 11.5. The van der Waals surface area contributed by atoms with E-state index in [4.69, 9.17) is 27.9 Å². The zero-order valence-electron chi connectivity index (χ0n) is 7.90. The lowest BCUT2D eigenvalue weighted by Gasteiger charge is -2.21. The van der Waals surface area contributed by atoms with Crippen LogP contribution >= 0.6 is 23.2 Å². The number of hydrogen-bond acceptors (Lipinski definition) is 1. The smallest absolute Gasteiger partial charge is 0.138 e. The number of ether oxygens (including phenoxy) is 1. The zero-order chi connectivity index (χ0) is 10.1. The van der Waals surface area contributed by atoms with Crippen LogP contribution in [0.2, 0.25) is 10.0 Å². The van der Waals surface area contributed by atoms with E-state index in [-0.39, 0.29) is 5.60 Å². The van der Waals surface area contributed by atoms with E-state index >= 15 is 0 Å². The van der Waals surface area contributed by atoms with Crippen LogP contribution < -0.4 is 4.74 Å². The number of halogens is 2. The van der Waals surface area contributed by atoms with Gasteiger partial charge in [-0.25, -0.2) is 0 Å². The summed E-state index contributed by atoms with van der Waals surface area (Å²) >= 11 is 11.7. The van der Waals surface area contributed by atoms with Gasteiger partial charge < -0.3 is 4.74 Å². The first-order chi connectivity index (χ1) is 5.88. The average Bonchev–Trinajstić information content (AvgIpc) is 1.93. The fourth-order valence-corrected chi connectivity index (χ4v) is 1.33. The van der Waals surface area contributed by atoms with Crippen molar-refractivity contribution in [3.63, 3.8) is 0 Å². The van der Waals surface area contributed by atoms with Gasteiger partial charge in [0, 0.05) is 5.02 Å². The molecule has 0 atom stereocenters. The Morgan fingerprint density at radius 1 is 1.15 bits per heavy atom. The Hall–Kier alpha value is -0.400. The molecule has 13 heavy (non-hydrogen) atoms. The van der Waals surface area contributed by atoms with E-state index in [1.165, 1.54) is 0 Å². The minimum absolute atomic E-state index is 0.239. The highest BCUT2D eigenvalue weighted by molar-refractivity contribution is 6.35. The van der Waals surface area contributed by atoms with Crippen LogP contribution in [0.15, 0.2) is 18.2 Å². The molecule has 0 amide bonds. The van der Waals surface area contributed by atoms with Gasteiger partial charge >= 0.3 is 0 Å². The second kappa shape index (κ2) is 3.77. The second-order valence-corrected chi connectivity index (χ2v) is 4.63. The predicted molar refractivity (Wildman–Crippen MR) is 56.8 cm³/mol. The van der Waals surface area contributed by atoms with Crippen molar-refractivity contribution in [1.29, 1.82) is 0 Å². The van der Waals surface area contributed by atoms with Crippen molar-refractivity contribution >= 4 is 23.2 Å². The summed E-state index contributed by atoms with van der Waals surface area (Å²) in [5.41, 5.74) is -0.239. The maximum absolute atomic E-state index is 5.93. The first-order valence-corrected chi connectivity index (χ1v) is 4.78. The molecule has 0 unspecified atom stereocenters. The topological polar surface area (TPSA) is 9.23 Å². The van der Waals surface area contributed by atoms with Crippen molar-refractivity contribution in [2.45, 2.75) is 26.4 Å². The monoisotopic (exact) mass is 218 g/mol. The summed E-state index contributed by atoms with van der Waals surface area (Å²) in [6.45, 7) is 5.91. The highest BCUT2D eigenvalue weighted by Gasteiger charge is 2.13. The fraction of sp³-hybridized carbons (Fsp3) is 0.400. The highest BCUT2D eigenvalue weighted by Crippen LogP contribution is 2.30. The van der Waals surface area contributed by atoms with Crippen molar-refractivity contribution in [3.05, 3.63) is 28.2 Å². The van der Waals surface area contributed by atoms with E-state index in [1.807, 2.05) is 20.8 Å². The minimum Gasteiger partial charge on any atom is -0.487 e. The minimum atomic E-state index is -0.239. The summed E-state index contributed by atoms with van der Waals surface area (Å²) in [5, 5.41) is 1.16. The molecular formula is C10H12Cl2O. The largest absolute Gasteiger partial charge is 0.487 e.